The van der Waals surface area contributed by atoms with E-state index in [-0.39, 0.29) is 0 Å². The van der Waals surface area contributed by atoms with Crippen molar-refractivity contribution in [3.05, 3.63) is 11.6 Å². The SMILES string of the molecule is CC.CC.CC(C)C1=CCCCC1.CC(C)C1CCCCC1. The number of rotatable bonds is 2. The third-order valence-corrected chi connectivity index (χ3v) is 4.66. The van der Waals surface area contributed by atoms with Crippen LogP contribution >= 0.6 is 0 Å². The summed E-state index contributed by atoms with van der Waals surface area (Å²) in [5.41, 5.74) is 1.68. The average molecular weight is 311 g/mol. The number of hydrogen-bond acceptors (Lipinski definition) is 0. The Bertz CT molecular complexity index is 228. The first-order valence-corrected chi connectivity index (χ1v) is 10.3. The summed E-state index contributed by atoms with van der Waals surface area (Å²) in [7, 11) is 0. The minimum absolute atomic E-state index is 0.797. The highest BCUT2D eigenvalue weighted by atomic mass is 14.2. The first kappa shape index (κ1) is 24.0. The monoisotopic (exact) mass is 310 g/mol. The predicted molar refractivity (Wildman–Crippen MR) is 105 cm³/mol. The Hall–Kier alpha value is -0.260. The standard InChI is InChI=1S/C9H18.C9H16.2C2H6/c2*1-8(2)9-6-4-3-5-7-9;2*1-2/h8-9H,3-7H2,1-2H3;6,8H,3-5,7H2,1-2H3;2*1-2H3. The van der Waals surface area contributed by atoms with Crippen LogP contribution in [-0.2, 0) is 0 Å². The van der Waals surface area contributed by atoms with Gasteiger partial charge in [-0.25, -0.2) is 0 Å². The fourth-order valence-corrected chi connectivity index (χ4v) is 3.19. The van der Waals surface area contributed by atoms with Gasteiger partial charge in [0.15, 0.2) is 0 Å². The van der Waals surface area contributed by atoms with E-state index in [0.717, 1.165) is 17.8 Å². The van der Waals surface area contributed by atoms with Gasteiger partial charge in [0.2, 0.25) is 0 Å². The molecule has 0 aromatic heterocycles. The van der Waals surface area contributed by atoms with Gasteiger partial charge in [-0.3, -0.25) is 0 Å². The zero-order valence-corrected chi connectivity index (χ0v) is 17.2. The molecule has 2 aliphatic rings. The van der Waals surface area contributed by atoms with E-state index in [0.29, 0.717) is 0 Å². The quantitative estimate of drug-likeness (QED) is 0.449. The second-order valence-corrected chi connectivity index (χ2v) is 6.82. The molecule has 0 spiro atoms. The Balaban J connectivity index is 0. The third-order valence-electron chi connectivity index (χ3n) is 4.66. The van der Waals surface area contributed by atoms with E-state index in [9.17, 15) is 0 Å². The van der Waals surface area contributed by atoms with Crippen LogP contribution in [0.4, 0.5) is 0 Å². The van der Waals surface area contributed by atoms with Crippen molar-refractivity contribution in [2.45, 2.75) is 113 Å². The van der Waals surface area contributed by atoms with Gasteiger partial charge in [0.25, 0.3) is 0 Å². The lowest BCUT2D eigenvalue weighted by Crippen LogP contribution is -2.12. The van der Waals surface area contributed by atoms with Gasteiger partial charge >= 0.3 is 0 Å². The van der Waals surface area contributed by atoms with Crippen LogP contribution < -0.4 is 0 Å². The highest BCUT2D eigenvalue weighted by Crippen LogP contribution is 2.29. The molecular formula is C22H46. The highest BCUT2D eigenvalue weighted by molar-refractivity contribution is 5.06. The molecule has 22 heavy (non-hydrogen) atoms. The van der Waals surface area contributed by atoms with Gasteiger partial charge in [-0.1, -0.05) is 99.1 Å². The zero-order valence-electron chi connectivity index (χ0n) is 17.2. The van der Waals surface area contributed by atoms with Crippen LogP contribution in [-0.4, -0.2) is 0 Å². The summed E-state index contributed by atoms with van der Waals surface area (Å²) in [6.45, 7) is 17.3. The molecule has 1 fully saturated rings. The fourth-order valence-electron chi connectivity index (χ4n) is 3.19. The van der Waals surface area contributed by atoms with Crippen LogP contribution in [0.15, 0.2) is 11.6 Å². The number of hydrogen-bond donors (Lipinski definition) is 0. The molecule has 0 saturated heterocycles. The summed E-state index contributed by atoms with van der Waals surface area (Å²) in [6, 6.07) is 0. The average Bonchev–Trinajstić information content (AvgIpc) is 2.60. The van der Waals surface area contributed by atoms with E-state index in [1.165, 1.54) is 57.8 Å². The van der Waals surface area contributed by atoms with Gasteiger partial charge < -0.3 is 0 Å². The van der Waals surface area contributed by atoms with E-state index in [1.54, 1.807) is 5.57 Å². The van der Waals surface area contributed by atoms with Crippen molar-refractivity contribution in [2.75, 3.05) is 0 Å². The maximum Gasteiger partial charge on any atom is -0.0260 e. The van der Waals surface area contributed by atoms with Gasteiger partial charge in [0.05, 0.1) is 0 Å². The van der Waals surface area contributed by atoms with Crippen LogP contribution in [0, 0.1) is 17.8 Å². The maximum atomic E-state index is 2.42. The molecule has 0 nitrogen and oxygen atoms in total. The zero-order chi connectivity index (χ0) is 17.4. The topological polar surface area (TPSA) is 0 Å². The molecule has 0 N–H and O–H groups in total. The largest absolute Gasteiger partial charge is 0.0851 e. The van der Waals surface area contributed by atoms with Gasteiger partial charge in [-0.15, -0.1) is 0 Å². The molecule has 2 rings (SSSR count). The minimum Gasteiger partial charge on any atom is -0.0851 e. The van der Waals surface area contributed by atoms with Crippen molar-refractivity contribution in [1.82, 2.24) is 0 Å². The van der Waals surface area contributed by atoms with Crippen molar-refractivity contribution >= 4 is 0 Å². The van der Waals surface area contributed by atoms with E-state index in [4.69, 9.17) is 0 Å². The molecule has 0 aliphatic heterocycles. The Morgan fingerprint density at radius 3 is 1.59 bits per heavy atom. The van der Waals surface area contributed by atoms with E-state index in [1.807, 2.05) is 27.7 Å². The smallest absolute Gasteiger partial charge is 0.0260 e. The Labute approximate surface area is 143 Å². The van der Waals surface area contributed by atoms with Gasteiger partial charge in [-0.05, 0) is 43.4 Å². The highest BCUT2D eigenvalue weighted by Gasteiger charge is 2.15. The Morgan fingerprint density at radius 2 is 1.32 bits per heavy atom. The normalized spacial score (nSPS) is 18.2. The van der Waals surface area contributed by atoms with E-state index < -0.39 is 0 Å². The third kappa shape index (κ3) is 12.3. The Morgan fingerprint density at radius 1 is 0.773 bits per heavy atom. The molecule has 0 atom stereocenters. The molecule has 0 aromatic carbocycles. The molecule has 0 unspecified atom stereocenters. The minimum atomic E-state index is 0.797. The first-order chi connectivity index (χ1) is 10.6. The number of allylic oxidation sites excluding steroid dienone is 2. The van der Waals surface area contributed by atoms with Crippen LogP contribution in [0.3, 0.4) is 0 Å². The van der Waals surface area contributed by atoms with Crippen LogP contribution in [0.1, 0.15) is 113 Å². The van der Waals surface area contributed by atoms with Crippen molar-refractivity contribution in [1.29, 1.82) is 0 Å². The lowest BCUT2D eigenvalue weighted by atomic mass is 9.82. The molecule has 0 aromatic rings. The van der Waals surface area contributed by atoms with Gasteiger partial charge in [0, 0.05) is 0 Å². The molecule has 1 saturated carbocycles. The lowest BCUT2D eigenvalue weighted by Gasteiger charge is -2.24. The summed E-state index contributed by atoms with van der Waals surface area (Å²) >= 11 is 0. The lowest BCUT2D eigenvalue weighted by molar-refractivity contribution is 0.279. The van der Waals surface area contributed by atoms with Crippen molar-refractivity contribution in [3.63, 3.8) is 0 Å². The molecule has 0 heteroatoms. The van der Waals surface area contributed by atoms with Gasteiger partial charge in [-0.2, -0.15) is 0 Å². The van der Waals surface area contributed by atoms with Crippen molar-refractivity contribution in [3.8, 4) is 0 Å². The summed E-state index contributed by atoms with van der Waals surface area (Å²) in [5.74, 6) is 2.79. The Kier molecular flexibility index (Phi) is 18.7. The second kappa shape index (κ2) is 17.1. The molecule has 134 valence electrons. The first-order valence-electron chi connectivity index (χ1n) is 10.3. The van der Waals surface area contributed by atoms with Gasteiger partial charge in [0.1, 0.15) is 0 Å². The summed E-state index contributed by atoms with van der Waals surface area (Å²) in [6.07, 6.45) is 15.4. The summed E-state index contributed by atoms with van der Waals surface area (Å²) in [5, 5.41) is 0. The molecular weight excluding hydrogens is 264 g/mol. The predicted octanol–water partition coefficient (Wildman–Crippen LogP) is 8.42. The second-order valence-electron chi connectivity index (χ2n) is 6.82. The molecule has 0 heterocycles. The van der Waals surface area contributed by atoms with Crippen LogP contribution in [0.25, 0.3) is 0 Å². The molecule has 0 amide bonds. The summed E-state index contributed by atoms with van der Waals surface area (Å²) < 4.78 is 0. The van der Waals surface area contributed by atoms with Crippen molar-refractivity contribution < 1.29 is 0 Å². The molecule has 2 aliphatic carbocycles. The van der Waals surface area contributed by atoms with Crippen LogP contribution in [0.2, 0.25) is 0 Å². The van der Waals surface area contributed by atoms with E-state index in [2.05, 4.69) is 33.8 Å². The summed E-state index contributed by atoms with van der Waals surface area (Å²) in [4.78, 5) is 0. The van der Waals surface area contributed by atoms with Crippen molar-refractivity contribution in [2.24, 2.45) is 17.8 Å². The molecule has 0 bridgehead atoms. The molecule has 0 radical (unpaired) electrons. The van der Waals surface area contributed by atoms with E-state index >= 15 is 0 Å². The van der Waals surface area contributed by atoms with Crippen LogP contribution in [0.5, 0.6) is 0 Å². The fraction of sp³-hybridized carbons (Fsp3) is 0.909. The maximum absolute atomic E-state index is 2.42.